The normalized spacial score (nSPS) is 22.0. The first-order chi connectivity index (χ1) is 30.4. The summed E-state index contributed by atoms with van der Waals surface area (Å²) in [4.78, 5) is 17.6. The van der Waals surface area contributed by atoms with Gasteiger partial charge in [0.1, 0.15) is 11.6 Å². The molecule has 10 nitrogen and oxygen atoms in total. The van der Waals surface area contributed by atoms with Crippen LogP contribution in [0.1, 0.15) is 100 Å². The number of piperidine rings is 2. The van der Waals surface area contributed by atoms with E-state index in [1.807, 2.05) is 24.9 Å². The van der Waals surface area contributed by atoms with Crippen LogP contribution in [0.4, 0.5) is 26.1 Å². The van der Waals surface area contributed by atoms with Gasteiger partial charge in [-0.15, -0.1) is 0 Å². The standard InChI is InChI=1S/C51H64F2N10/c1-8-11-40-31-61(22-23-62(40)38-18-20-60(21-19-38)41-26-44(52)50(45(53)27-41)42-16-14-33(3)55-36(42)6)39-15-17-46-49(28-39)63-30-32(2)12-9-10-13-48-43(29-54-59(48)7)47-25-37(24-34(4)56-47)35(5)57-51(63)58-46/h15,17,24-29,32,38,40,42,55H,3,5-6,8-14,16,18-23,30-31H2,1-2,4,7H3,(H,57,58)/t32-,40?,42?/m1/s1. The lowest BCUT2D eigenvalue weighted by atomic mass is 9.87. The van der Waals surface area contributed by atoms with Gasteiger partial charge < -0.3 is 25.0 Å². The quantitative estimate of drug-likeness (QED) is 0.175. The first-order valence-corrected chi connectivity index (χ1v) is 23.3. The average Bonchev–Trinajstić information content (AvgIpc) is 3.80. The average molecular weight is 855 g/mol. The topological polar surface area (TPSA) is 82.3 Å². The van der Waals surface area contributed by atoms with Gasteiger partial charge in [0.05, 0.1) is 22.9 Å². The molecule has 3 atom stereocenters. The Morgan fingerprint density at radius 1 is 0.825 bits per heavy atom. The number of aryl methyl sites for hydroxylation is 2. The molecule has 4 aliphatic rings. The number of rotatable bonds is 6. The monoisotopic (exact) mass is 855 g/mol. The third-order valence-corrected chi connectivity index (χ3v) is 14.2. The molecule has 2 N–H and O–H groups in total. The molecule has 0 aliphatic carbocycles. The van der Waals surface area contributed by atoms with Crippen molar-refractivity contribution < 1.29 is 8.78 Å². The maximum atomic E-state index is 15.6. The summed E-state index contributed by atoms with van der Waals surface area (Å²) < 4.78 is 35.6. The molecular weight excluding hydrogens is 791 g/mol. The van der Waals surface area contributed by atoms with Gasteiger partial charge in [-0.1, -0.05) is 46.4 Å². The molecule has 3 aromatic heterocycles. The number of allylic oxidation sites excluding steroid dienone is 2. The Morgan fingerprint density at radius 2 is 1.62 bits per heavy atom. The number of hydrogen-bond acceptors (Lipinski definition) is 8. The maximum absolute atomic E-state index is 15.6. The molecule has 9 rings (SSSR count). The van der Waals surface area contributed by atoms with E-state index in [2.05, 4.69) is 98.9 Å². The number of fused-ring (bicyclic) bond motifs is 7. The van der Waals surface area contributed by atoms with Crippen molar-refractivity contribution in [1.82, 2.24) is 34.5 Å². The minimum Gasteiger partial charge on any atom is -0.371 e. The lowest BCUT2D eigenvalue weighted by Crippen LogP contribution is -2.58. The van der Waals surface area contributed by atoms with Gasteiger partial charge in [-0.05, 0) is 107 Å². The third-order valence-electron chi connectivity index (χ3n) is 14.2. The fourth-order valence-corrected chi connectivity index (χ4v) is 10.8. The maximum Gasteiger partial charge on any atom is 0.208 e. The van der Waals surface area contributed by atoms with E-state index < -0.39 is 17.6 Å². The molecule has 2 unspecified atom stereocenters. The van der Waals surface area contributed by atoms with Gasteiger partial charge in [0.15, 0.2) is 0 Å². The van der Waals surface area contributed by atoms with Crippen LogP contribution in [-0.4, -0.2) is 74.0 Å². The highest BCUT2D eigenvalue weighted by Gasteiger charge is 2.35. The highest BCUT2D eigenvalue weighted by atomic mass is 19.1. The van der Waals surface area contributed by atoms with Gasteiger partial charge in [0, 0.05) is 121 Å². The van der Waals surface area contributed by atoms with Crippen molar-refractivity contribution in [3.05, 3.63) is 114 Å². The fourth-order valence-electron chi connectivity index (χ4n) is 10.8. The van der Waals surface area contributed by atoms with E-state index in [1.54, 1.807) is 0 Å². The number of anilines is 3. The molecule has 3 fully saturated rings. The van der Waals surface area contributed by atoms with Crippen molar-refractivity contribution >= 4 is 34.1 Å². The van der Waals surface area contributed by atoms with Gasteiger partial charge in [-0.2, -0.15) is 5.10 Å². The van der Waals surface area contributed by atoms with Crippen molar-refractivity contribution in [3.63, 3.8) is 0 Å². The summed E-state index contributed by atoms with van der Waals surface area (Å²) in [7, 11) is 2.03. The van der Waals surface area contributed by atoms with Crippen LogP contribution in [-0.2, 0) is 20.0 Å². The van der Waals surface area contributed by atoms with Crippen LogP contribution in [0.2, 0.25) is 0 Å². The number of imidazole rings is 1. The van der Waals surface area contributed by atoms with Crippen LogP contribution in [0.5, 0.6) is 0 Å². The Morgan fingerprint density at radius 3 is 2.38 bits per heavy atom. The summed E-state index contributed by atoms with van der Waals surface area (Å²) in [6.45, 7) is 24.5. The fraction of sp³-hybridized carbons (Fsp3) is 0.471. The van der Waals surface area contributed by atoms with Crippen LogP contribution in [0, 0.1) is 24.5 Å². The zero-order chi connectivity index (χ0) is 43.9. The summed E-state index contributed by atoms with van der Waals surface area (Å²) in [5.74, 6) is -0.121. The molecule has 0 radical (unpaired) electrons. The van der Waals surface area contributed by atoms with Crippen LogP contribution >= 0.6 is 0 Å². The lowest BCUT2D eigenvalue weighted by Gasteiger charge is -2.48. The number of nitrogens with one attached hydrogen (secondary N) is 2. The molecule has 0 spiro atoms. The second-order valence-electron chi connectivity index (χ2n) is 18.7. The summed E-state index contributed by atoms with van der Waals surface area (Å²) in [6, 6.07) is 14.9. The van der Waals surface area contributed by atoms with Gasteiger partial charge in [-0.25, -0.2) is 13.8 Å². The van der Waals surface area contributed by atoms with Crippen molar-refractivity contribution in [2.75, 3.05) is 47.8 Å². The Kier molecular flexibility index (Phi) is 12.2. The highest BCUT2D eigenvalue weighted by Crippen LogP contribution is 2.39. The lowest BCUT2D eigenvalue weighted by molar-refractivity contribution is 0.0946. The van der Waals surface area contributed by atoms with Gasteiger partial charge in [0.25, 0.3) is 0 Å². The molecule has 3 saturated heterocycles. The molecule has 7 heterocycles. The largest absolute Gasteiger partial charge is 0.371 e. The Balaban J connectivity index is 0.908. The van der Waals surface area contributed by atoms with E-state index in [4.69, 9.17) is 9.97 Å². The van der Waals surface area contributed by atoms with Crippen molar-refractivity contribution in [2.24, 2.45) is 13.0 Å². The van der Waals surface area contributed by atoms with Crippen LogP contribution in [0.25, 0.3) is 28.0 Å². The first kappa shape index (κ1) is 42.8. The number of aromatic nitrogens is 5. The number of pyridine rings is 1. The number of halogens is 2. The Hall–Kier alpha value is -5.49. The van der Waals surface area contributed by atoms with E-state index in [9.17, 15) is 0 Å². The molecule has 2 aromatic carbocycles. The molecule has 2 bridgehead atoms. The molecule has 4 aliphatic heterocycles. The minimum atomic E-state index is -0.491. The third kappa shape index (κ3) is 8.75. The van der Waals surface area contributed by atoms with Crippen molar-refractivity contribution in [3.8, 4) is 11.3 Å². The van der Waals surface area contributed by atoms with Crippen LogP contribution < -0.4 is 20.4 Å². The molecule has 12 heteroatoms. The number of piperazine rings is 1. The molecule has 63 heavy (non-hydrogen) atoms. The smallest absolute Gasteiger partial charge is 0.208 e. The number of benzene rings is 2. The highest BCUT2D eigenvalue weighted by molar-refractivity contribution is 5.85. The van der Waals surface area contributed by atoms with E-state index >= 15 is 8.78 Å². The predicted molar refractivity (Wildman–Crippen MR) is 253 cm³/mol. The van der Waals surface area contributed by atoms with E-state index in [0.29, 0.717) is 42.2 Å². The van der Waals surface area contributed by atoms with Crippen molar-refractivity contribution in [1.29, 1.82) is 0 Å². The second kappa shape index (κ2) is 17.9. The van der Waals surface area contributed by atoms with Gasteiger partial charge in [-0.3, -0.25) is 14.6 Å². The van der Waals surface area contributed by atoms with Gasteiger partial charge >= 0.3 is 0 Å². The molecule has 332 valence electrons. The summed E-state index contributed by atoms with van der Waals surface area (Å²) >= 11 is 0. The molecule has 5 aromatic rings. The Labute approximate surface area is 371 Å². The van der Waals surface area contributed by atoms with Crippen LogP contribution in [0.3, 0.4) is 0 Å². The van der Waals surface area contributed by atoms with Crippen LogP contribution in [0.15, 0.2) is 79.8 Å². The van der Waals surface area contributed by atoms with E-state index in [0.717, 1.165) is 142 Å². The number of hydrogen-bond donors (Lipinski definition) is 2. The molecule has 0 saturated carbocycles. The van der Waals surface area contributed by atoms with E-state index in [1.165, 1.54) is 23.5 Å². The summed E-state index contributed by atoms with van der Waals surface area (Å²) in [5, 5.41) is 11.4. The molecule has 0 amide bonds. The predicted octanol–water partition coefficient (Wildman–Crippen LogP) is 10.3. The second-order valence-corrected chi connectivity index (χ2v) is 18.7. The van der Waals surface area contributed by atoms with E-state index in [-0.39, 0.29) is 5.56 Å². The minimum absolute atomic E-state index is 0.112. The van der Waals surface area contributed by atoms with Crippen molar-refractivity contribution in [2.45, 2.75) is 110 Å². The zero-order valence-electron chi connectivity index (χ0n) is 37.7. The first-order valence-electron chi connectivity index (χ1n) is 23.3. The Bertz CT molecular complexity index is 2500. The summed E-state index contributed by atoms with van der Waals surface area (Å²) in [5.41, 5.74) is 11.5. The SMILES string of the molecule is C=C1CCC(c2c(F)cc(N3CCC(N4CCN(c5ccc6nc7n(c6c5)C[C@H](C)CCCCc5c(cnn5C)-c5cc(cc(C)n5)C(=C)N7)CC4CCC)CC3)cc2F)C(=C)N1. The zero-order valence-corrected chi connectivity index (χ0v) is 37.7. The molecular formula is C51H64F2N10. The summed E-state index contributed by atoms with van der Waals surface area (Å²) in [6.07, 6.45) is 11.7. The van der Waals surface area contributed by atoms with Gasteiger partial charge in [0.2, 0.25) is 5.95 Å². The number of nitrogens with zero attached hydrogens (tertiary/aromatic N) is 8.